The predicted octanol–water partition coefficient (Wildman–Crippen LogP) is 3.53. The molecule has 2 aromatic rings. The van der Waals surface area contributed by atoms with Gasteiger partial charge in [-0.2, -0.15) is 0 Å². The number of aliphatic imine (C=N–C) groups is 1. The number of ether oxygens (including phenoxy) is 1. The average molecular weight is 357 g/mol. The van der Waals surface area contributed by atoms with Gasteiger partial charge in [-0.3, -0.25) is 4.99 Å². The maximum Gasteiger partial charge on any atom is 0.190 e. The van der Waals surface area contributed by atoms with Crippen LogP contribution in [0.15, 0.2) is 59.6 Å². The van der Waals surface area contributed by atoms with Crippen LogP contribution >= 0.6 is 0 Å². The van der Waals surface area contributed by atoms with Gasteiger partial charge in [-0.15, -0.1) is 0 Å². The largest absolute Gasteiger partial charge is 0.377 e. The molecule has 0 fully saturated rings. The fourth-order valence-electron chi connectivity index (χ4n) is 2.54. The molecule has 2 aromatic carbocycles. The SMILES string of the molecule is CN=C(NCCCCOCc1ccccc1)NCCc1ccccc1F. The van der Waals surface area contributed by atoms with E-state index in [9.17, 15) is 4.39 Å². The summed E-state index contributed by atoms with van der Waals surface area (Å²) in [6, 6.07) is 17.0. The minimum absolute atomic E-state index is 0.159. The van der Waals surface area contributed by atoms with Crippen LogP contribution in [0.5, 0.6) is 0 Å². The van der Waals surface area contributed by atoms with Crippen LogP contribution in [0, 0.1) is 5.82 Å². The highest BCUT2D eigenvalue weighted by Crippen LogP contribution is 2.06. The fourth-order valence-corrected chi connectivity index (χ4v) is 2.54. The van der Waals surface area contributed by atoms with Gasteiger partial charge in [-0.05, 0) is 36.5 Å². The van der Waals surface area contributed by atoms with Gasteiger partial charge in [0.1, 0.15) is 5.82 Å². The third-order valence-corrected chi connectivity index (χ3v) is 3.99. The van der Waals surface area contributed by atoms with Gasteiger partial charge in [0.15, 0.2) is 5.96 Å². The van der Waals surface area contributed by atoms with Crippen LogP contribution in [0.2, 0.25) is 0 Å². The van der Waals surface area contributed by atoms with Gasteiger partial charge in [0, 0.05) is 26.7 Å². The molecule has 0 aromatic heterocycles. The first-order valence-electron chi connectivity index (χ1n) is 9.09. The second-order valence-electron chi connectivity index (χ2n) is 6.01. The first-order valence-corrected chi connectivity index (χ1v) is 9.09. The number of benzene rings is 2. The number of hydrogen-bond donors (Lipinski definition) is 2. The summed E-state index contributed by atoms with van der Waals surface area (Å²) in [5.74, 6) is 0.583. The Labute approximate surface area is 155 Å². The Hall–Kier alpha value is -2.40. The zero-order chi connectivity index (χ0) is 18.5. The number of hydrogen-bond acceptors (Lipinski definition) is 2. The van der Waals surface area contributed by atoms with Gasteiger partial charge in [0.25, 0.3) is 0 Å². The standard InChI is InChI=1S/C21H28FN3O/c1-23-21(25-15-13-19-11-5-6-12-20(19)22)24-14-7-8-16-26-17-18-9-3-2-4-10-18/h2-6,9-12H,7-8,13-17H2,1H3,(H2,23,24,25). The molecule has 5 heteroatoms. The van der Waals surface area contributed by atoms with Crippen LogP contribution in [0.1, 0.15) is 24.0 Å². The summed E-state index contributed by atoms with van der Waals surface area (Å²) < 4.78 is 19.2. The lowest BCUT2D eigenvalue weighted by molar-refractivity contribution is 0.117. The zero-order valence-corrected chi connectivity index (χ0v) is 15.4. The van der Waals surface area contributed by atoms with Gasteiger partial charge >= 0.3 is 0 Å². The molecule has 4 nitrogen and oxygen atoms in total. The Bertz CT molecular complexity index is 661. The van der Waals surface area contributed by atoms with Crippen LogP contribution in [0.4, 0.5) is 4.39 Å². The molecule has 0 saturated heterocycles. The van der Waals surface area contributed by atoms with Crippen molar-refractivity contribution in [2.45, 2.75) is 25.9 Å². The van der Waals surface area contributed by atoms with Gasteiger partial charge in [0.2, 0.25) is 0 Å². The Kier molecular flexibility index (Phi) is 9.22. The molecule has 0 spiro atoms. The van der Waals surface area contributed by atoms with E-state index in [1.165, 1.54) is 11.6 Å². The van der Waals surface area contributed by atoms with Gasteiger partial charge in [-0.25, -0.2) is 4.39 Å². The highest BCUT2D eigenvalue weighted by Gasteiger charge is 2.01. The van der Waals surface area contributed by atoms with E-state index in [1.54, 1.807) is 13.1 Å². The van der Waals surface area contributed by atoms with Gasteiger partial charge in [0.05, 0.1) is 6.61 Å². The molecule has 0 bridgehead atoms. The zero-order valence-electron chi connectivity index (χ0n) is 15.4. The van der Waals surface area contributed by atoms with E-state index in [4.69, 9.17) is 4.74 Å². The lowest BCUT2D eigenvalue weighted by Gasteiger charge is -2.12. The Balaban J connectivity index is 1.51. The summed E-state index contributed by atoms with van der Waals surface area (Å²) in [4.78, 5) is 4.18. The first kappa shape index (κ1) is 19.9. The smallest absolute Gasteiger partial charge is 0.190 e. The summed E-state index contributed by atoms with van der Waals surface area (Å²) in [5, 5.41) is 6.48. The number of nitrogens with one attached hydrogen (secondary N) is 2. The molecule has 26 heavy (non-hydrogen) atoms. The minimum atomic E-state index is -0.159. The van der Waals surface area contributed by atoms with Crippen molar-refractivity contribution in [3.63, 3.8) is 0 Å². The van der Waals surface area contributed by atoms with Crippen molar-refractivity contribution >= 4 is 5.96 Å². The number of guanidine groups is 1. The van der Waals surface area contributed by atoms with Crippen molar-refractivity contribution in [2.75, 3.05) is 26.7 Å². The molecule has 0 atom stereocenters. The highest BCUT2D eigenvalue weighted by atomic mass is 19.1. The molecule has 0 saturated carbocycles. The normalized spacial score (nSPS) is 11.4. The number of halogens is 1. The van der Waals surface area contributed by atoms with E-state index in [0.717, 1.165) is 32.0 Å². The molecular weight excluding hydrogens is 329 g/mol. The molecule has 0 unspecified atom stereocenters. The summed E-state index contributed by atoms with van der Waals surface area (Å²) in [6.45, 7) is 2.87. The van der Waals surface area contributed by atoms with Gasteiger partial charge < -0.3 is 15.4 Å². The molecule has 2 N–H and O–H groups in total. The molecule has 0 aliphatic heterocycles. The van der Waals surface area contributed by atoms with Gasteiger partial charge in [-0.1, -0.05) is 48.5 Å². The lowest BCUT2D eigenvalue weighted by Crippen LogP contribution is -2.38. The summed E-state index contributed by atoms with van der Waals surface area (Å²) in [6.07, 6.45) is 2.62. The van der Waals surface area contributed by atoms with Crippen molar-refractivity contribution in [1.82, 2.24) is 10.6 Å². The van der Waals surface area contributed by atoms with Crippen molar-refractivity contribution in [1.29, 1.82) is 0 Å². The van der Waals surface area contributed by atoms with Crippen molar-refractivity contribution in [2.24, 2.45) is 4.99 Å². The molecule has 0 radical (unpaired) electrons. The molecule has 0 amide bonds. The number of unbranched alkanes of at least 4 members (excludes halogenated alkanes) is 1. The third-order valence-electron chi connectivity index (χ3n) is 3.99. The minimum Gasteiger partial charge on any atom is -0.377 e. The number of rotatable bonds is 10. The maximum atomic E-state index is 13.6. The van der Waals surface area contributed by atoms with Crippen LogP contribution in [0.3, 0.4) is 0 Å². The molecule has 140 valence electrons. The highest BCUT2D eigenvalue weighted by molar-refractivity contribution is 5.79. The summed E-state index contributed by atoms with van der Waals surface area (Å²) in [7, 11) is 1.74. The van der Waals surface area contributed by atoms with E-state index < -0.39 is 0 Å². The molecule has 0 aliphatic rings. The third kappa shape index (κ3) is 7.66. The Morgan fingerprint density at radius 3 is 2.46 bits per heavy atom. The average Bonchev–Trinajstić information content (AvgIpc) is 2.68. The van der Waals surface area contributed by atoms with Crippen molar-refractivity contribution < 1.29 is 9.13 Å². The van der Waals surface area contributed by atoms with Crippen molar-refractivity contribution in [3.05, 3.63) is 71.5 Å². The first-order chi connectivity index (χ1) is 12.8. The van der Waals surface area contributed by atoms with E-state index in [-0.39, 0.29) is 5.82 Å². The maximum absolute atomic E-state index is 13.6. The van der Waals surface area contributed by atoms with Crippen LogP contribution in [-0.4, -0.2) is 32.7 Å². The van der Waals surface area contributed by atoms with E-state index in [2.05, 4.69) is 27.8 Å². The predicted molar refractivity (Wildman–Crippen MR) is 105 cm³/mol. The van der Waals surface area contributed by atoms with E-state index >= 15 is 0 Å². The quantitative estimate of drug-likeness (QED) is 0.388. The Morgan fingerprint density at radius 2 is 1.69 bits per heavy atom. The van der Waals surface area contributed by atoms with E-state index in [0.29, 0.717) is 25.1 Å². The molecular formula is C21H28FN3O. The monoisotopic (exact) mass is 357 g/mol. The number of nitrogens with zero attached hydrogens (tertiary/aromatic N) is 1. The topological polar surface area (TPSA) is 45.7 Å². The molecule has 2 rings (SSSR count). The van der Waals surface area contributed by atoms with Crippen molar-refractivity contribution in [3.8, 4) is 0 Å². The van der Waals surface area contributed by atoms with E-state index in [1.807, 2.05) is 30.3 Å². The summed E-state index contributed by atoms with van der Waals surface area (Å²) >= 11 is 0. The van der Waals surface area contributed by atoms with Crippen LogP contribution in [0.25, 0.3) is 0 Å². The second-order valence-corrected chi connectivity index (χ2v) is 6.01. The lowest BCUT2D eigenvalue weighted by atomic mass is 10.1. The molecule has 0 heterocycles. The Morgan fingerprint density at radius 1 is 0.962 bits per heavy atom. The van der Waals surface area contributed by atoms with Crippen LogP contribution in [-0.2, 0) is 17.8 Å². The van der Waals surface area contributed by atoms with Crippen LogP contribution < -0.4 is 10.6 Å². The summed E-state index contributed by atoms with van der Waals surface area (Å²) in [5.41, 5.74) is 1.91. The second kappa shape index (κ2) is 12.0. The fraction of sp³-hybridized carbons (Fsp3) is 0.381. The molecule has 0 aliphatic carbocycles.